The topological polar surface area (TPSA) is 62.6 Å². The van der Waals surface area contributed by atoms with E-state index in [2.05, 4.69) is 32.4 Å². The monoisotopic (exact) mass is 396 g/mol. The third-order valence-corrected chi connectivity index (χ3v) is 5.79. The normalized spacial score (nSPS) is 17.0. The first-order valence-corrected chi connectivity index (χ1v) is 9.63. The van der Waals surface area contributed by atoms with Crippen molar-refractivity contribution in [2.45, 2.75) is 25.8 Å². The van der Waals surface area contributed by atoms with E-state index in [0.29, 0.717) is 17.3 Å². The minimum absolute atomic E-state index is 0.120. The van der Waals surface area contributed by atoms with Gasteiger partial charge in [-0.05, 0) is 54.5 Å². The van der Waals surface area contributed by atoms with Crippen LogP contribution in [-0.2, 0) is 0 Å². The van der Waals surface area contributed by atoms with Gasteiger partial charge < -0.3 is 9.47 Å². The molecule has 0 spiro atoms. The summed E-state index contributed by atoms with van der Waals surface area (Å²) in [4.78, 5) is 2.28. The fourth-order valence-electron chi connectivity index (χ4n) is 4.16. The molecule has 1 aliphatic rings. The van der Waals surface area contributed by atoms with Gasteiger partial charge in [0.25, 0.3) is 0 Å². The number of hydrogen-bond acceptors (Lipinski definition) is 4. The molecule has 1 N–H and O–H groups in total. The summed E-state index contributed by atoms with van der Waals surface area (Å²) in [5, 5.41) is 15.4. The quantitative estimate of drug-likeness (QED) is 0.550. The minimum Gasteiger partial charge on any atom is -0.366 e. The van der Waals surface area contributed by atoms with Crippen molar-refractivity contribution in [2.75, 3.05) is 11.4 Å². The van der Waals surface area contributed by atoms with Gasteiger partial charge in [-0.15, -0.1) is 5.10 Å². The van der Waals surface area contributed by atoms with Gasteiger partial charge in [0.05, 0.1) is 16.2 Å². The van der Waals surface area contributed by atoms with Gasteiger partial charge in [-0.25, -0.2) is 9.49 Å². The number of aromatic nitrogens is 5. The van der Waals surface area contributed by atoms with Gasteiger partial charge in [0.2, 0.25) is 0 Å². The Hall–Kier alpha value is -2.93. The Morgan fingerprint density at radius 2 is 2.00 bits per heavy atom. The third-order valence-electron chi connectivity index (χ3n) is 5.42. The van der Waals surface area contributed by atoms with Crippen LogP contribution in [0.1, 0.15) is 19.8 Å². The highest BCUT2D eigenvalue weighted by Crippen LogP contribution is 2.46. The molecule has 0 saturated carbocycles. The standard InChI is InChI=1S/C20H18ClFN6/c1-12-6-5-11-27(12)18-16-15(10-9-14(22)17(16)21)28(13-7-3-2-4-8-13)19(18)20-23-25-26-24-20/h2-4,7-10,12H,5-6,11H2,1H3,(H,23,24,25,26). The van der Waals surface area contributed by atoms with Crippen molar-refractivity contribution >= 4 is 28.2 Å². The number of benzene rings is 2. The van der Waals surface area contributed by atoms with Gasteiger partial charge in [-0.3, -0.25) is 0 Å². The molecule has 142 valence electrons. The molecule has 1 atom stereocenters. The Kier molecular flexibility index (Phi) is 4.05. The van der Waals surface area contributed by atoms with Crippen LogP contribution in [0.5, 0.6) is 0 Å². The zero-order valence-electron chi connectivity index (χ0n) is 15.2. The SMILES string of the molecule is CC1CCCN1c1c(-c2nnn[nH]2)n(-c2ccccc2)c2ccc(F)c(Cl)c12. The molecule has 0 bridgehead atoms. The number of nitrogens with zero attached hydrogens (tertiary/aromatic N) is 5. The molecular formula is C20H18ClFN6. The summed E-state index contributed by atoms with van der Waals surface area (Å²) in [5.74, 6) is 0.0837. The second kappa shape index (κ2) is 6.60. The van der Waals surface area contributed by atoms with Crippen LogP contribution in [0.4, 0.5) is 10.1 Å². The Morgan fingerprint density at radius 3 is 2.68 bits per heavy atom. The van der Waals surface area contributed by atoms with E-state index in [1.54, 1.807) is 6.07 Å². The number of halogens is 2. The minimum atomic E-state index is -0.435. The molecule has 6 nitrogen and oxygen atoms in total. The van der Waals surface area contributed by atoms with Crippen molar-refractivity contribution in [3.8, 4) is 17.2 Å². The molecule has 0 aliphatic carbocycles. The lowest BCUT2D eigenvalue weighted by Crippen LogP contribution is -2.26. The number of aromatic amines is 1. The first-order chi connectivity index (χ1) is 13.7. The van der Waals surface area contributed by atoms with Crippen molar-refractivity contribution < 1.29 is 4.39 Å². The molecule has 28 heavy (non-hydrogen) atoms. The summed E-state index contributed by atoms with van der Waals surface area (Å²) in [5.41, 5.74) is 3.40. The molecule has 1 unspecified atom stereocenters. The van der Waals surface area contributed by atoms with E-state index in [1.807, 2.05) is 34.9 Å². The van der Waals surface area contributed by atoms with Gasteiger partial charge in [0, 0.05) is 23.7 Å². The zero-order chi connectivity index (χ0) is 19.3. The van der Waals surface area contributed by atoms with Crippen molar-refractivity contribution in [1.29, 1.82) is 0 Å². The van der Waals surface area contributed by atoms with Crippen molar-refractivity contribution in [2.24, 2.45) is 0 Å². The van der Waals surface area contributed by atoms with Crippen molar-refractivity contribution in [3.63, 3.8) is 0 Å². The van der Waals surface area contributed by atoms with E-state index in [0.717, 1.165) is 42.0 Å². The smallest absolute Gasteiger partial charge is 0.198 e. The number of fused-ring (bicyclic) bond motifs is 1. The number of tetrazole rings is 1. The fourth-order valence-corrected chi connectivity index (χ4v) is 4.41. The number of nitrogens with one attached hydrogen (secondary N) is 1. The van der Waals surface area contributed by atoms with E-state index in [9.17, 15) is 4.39 Å². The Balaban J connectivity index is 1.96. The molecule has 1 fully saturated rings. The van der Waals surface area contributed by atoms with Crippen LogP contribution in [-0.4, -0.2) is 37.8 Å². The summed E-state index contributed by atoms with van der Waals surface area (Å²) in [6.07, 6.45) is 2.14. The highest BCUT2D eigenvalue weighted by molar-refractivity contribution is 6.37. The first kappa shape index (κ1) is 17.2. The van der Waals surface area contributed by atoms with Crippen molar-refractivity contribution in [1.82, 2.24) is 25.2 Å². The number of rotatable bonds is 3. The van der Waals surface area contributed by atoms with Crippen LogP contribution in [0.25, 0.3) is 28.1 Å². The highest BCUT2D eigenvalue weighted by Gasteiger charge is 2.32. The summed E-state index contributed by atoms with van der Waals surface area (Å²) in [7, 11) is 0. The molecule has 0 radical (unpaired) electrons. The van der Waals surface area contributed by atoms with Gasteiger partial charge in [-0.1, -0.05) is 29.8 Å². The van der Waals surface area contributed by atoms with E-state index in [-0.39, 0.29) is 5.02 Å². The molecule has 1 saturated heterocycles. The molecule has 1 aliphatic heterocycles. The summed E-state index contributed by atoms with van der Waals surface area (Å²) in [6.45, 7) is 3.05. The molecule has 2 aromatic heterocycles. The van der Waals surface area contributed by atoms with Crippen LogP contribution >= 0.6 is 11.6 Å². The maximum Gasteiger partial charge on any atom is 0.198 e. The predicted molar refractivity (Wildman–Crippen MR) is 107 cm³/mol. The average molecular weight is 397 g/mol. The van der Waals surface area contributed by atoms with Gasteiger partial charge in [-0.2, -0.15) is 0 Å². The van der Waals surface area contributed by atoms with Gasteiger partial charge in [0.15, 0.2) is 5.82 Å². The number of hydrogen-bond donors (Lipinski definition) is 1. The Bertz CT molecular complexity index is 1140. The second-order valence-electron chi connectivity index (χ2n) is 7.06. The third kappa shape index (κ3) is 2.50. The summed E-state index contributed by atoms with van der Waals surface area (Å²) in [6, 6.07) is 13.4. The second-order valence-corrected chi connectivity index (χ2v) is 7.44. The fraction of sp³-hybridized carbons (Fsp3) is 0.250. The molecule has 3 heterocycles. The summed E-state index contributed by atoms with van der Waals surface area (Å²) >= 11 is 6.51. The largest absolute Gasteiger partial charge is 0.366 e. The Morgan fingerprint density at radius 1 is 1.18 bits per heavy atom. The first-order valence-electron chi connectivity index (χ1n) is 9.25. The van der Waals surface area contributed by atoms with Crippen molar-refractivity contribution in [3.05, 3.63) is 53.3 Å². The van der Waals surface area contributed by atoms with E-state index >= 15 is 0 Å². The zero-order valence-corrected chi connectivity index (χ0v) is 16.0. The number of para-hydroxylation sites is 1. The van der Waals surface area contributed by atoms with Crippen LogP contribution in [0.3, 0.4) is 0 Å². The molecular weight excluding hydrogens is 379 g/mol. The number of anilines is 1. The lowest BCUT2D eigenvalue weighted by molar-refractivity contribution is 0.630. The number of H-pyrrole nitrogens is 1. The van der Waals surface area contributed by atoms with Crippen LogP contribution in [0, 0.1) is 5.82 Å². The lowest BCUT2D eigenvalue weighted by atomic mass is 10.1. The molecule has 5 rings (SSSR count). The van der Waals surface area contributed by atoms with Crippen LogP contribution in [0.2, 0.25) is 5.02 Å². The van der Waals surface area contributed by atoms with E-state index in [4.69, 9.17) is 11.6 Å². The van der Waals surface area contributed by atoms with Crippen LogP contribution < -0.4 is 4.90 Å². The lowest BCUT2D eigenvalue weighted by Gasteiger charge is -2.25. The van der Waals surface area contributed by atoms with E-state index < -0.39 is 5.82 Å². The molecule has 4 aromatic rings. The molecule has 2 aromatic carbocycles. The van der Waals surface area contributed by atoms with E-state index in [1.165, 1.54) is 6.07 Å². The predicted octanol–water partition coefficient (Wildman–Crippen LogP) is 4.59. The van der Waals surface area contributed by atoms with Crippen LogP contribution in [0.15, 0.2) is 42.5 Å². The maximum atomic E-state index is 14.5. The highest BCUT2D eigenvalue weighted by atomic mass is 35.5. The average Bonchev–Trinajstić information content (AvgIpc) is 3.43. The van der Waals surface area contributed by atoms with Gasteiger partial charge >= 0.3 is 0 Å². The molecule has 0 amide bonds. The molecule has 8 heteroatoms. The maximum absolute atomic E-state index is 14.5. The van der Waals surface area contributed by atoms with Gasteiger partial charge in [0.1, 0.15) is 11.5 Å². The summed E-state index contributed by atoms with van der Waals surface area (Å²) < 4.78 is 16.5. The Labute approximate surface area is 165 Å².